The molecule has 2 aliphatic rings. The van der Waals surface area contributed by atoms with Crippen LogP contribution in [0.4, 0.5) is 0 Å². The Kier molecular flexibility index (Phi) is 5.23. The van der Waals surface area contributed by atoms with Crippen molar-refractivity contribution >= 4 is 11.8 Å². The van der Waals surface area contributed by atoms with Gasteiger partial charge in [-0.25, -0.2) is 0 Å². The van der Waals surface area contributed by atoms with Crippen molar-refractivity contribution < 1.29 is 9.59 Å². The number of amides is 2. The summed E-state index contributed by atoms with van der Waals surface area (Å²) in [7, 11) is 0. The molecule has 2 fully saturated rings. The van der Waals surface area contributed by atoms with Crippen molar-refractivity contribution in [2.75, 3.05) is 26.2 Å². The van der Waals surface area contributed by atoms with E-state index < -0.39 is 0 Å². The second kappa shape index (κ2) is 7.55. The maximum atomic E-state index is 12.5. The molecular formula is C17H24N4O2. The first-order valence-electron chi connectivity index (χ1n) is 8.44. The molecule has 6 nitrogen and oxygen atoms in total. The molecule has 2 atom stereocenters. The summed E-state index contributed by atoms with van der Waals surface area (Å²) in [5.41, 5.74) is 0.637. The van der Waals surface area contributed by atoms with Crippen molar-refractivity contribution in [2.45, 2.75) is 31.7 Å². The zero-order valence-electron chi connectivity index (χ0n) is 13.3. The molecule has 1 aromatic rings. The summed E-state index contributed by atoms with van der Waals surface area (Å²) >= 11 is 0. The van der Waals surface area contributed by atoms with Crippen LogP contribution in [-0.4, -0.2) is 53.9 Å². The van der Waals surface area contributed by atoms with E-state index in [1.807, 2.05) is 0 Å². The lowest BCUT2D eigenvalue weighted by Gasteiger charge is -2.33. The SMILES string of the molecule is O=C(N[C@H]1CCCNC1)C1CCCN(C(=O)c2ccncc2)C1. The number of nitrogens with zero attached hydrogens (tertiary/aromatic N) is 2. The van der Waals surface area contributed by atoms with Crippen LogP contribution in [0, 0.1) is 5.92 Å². The highest BCUT2D eigenvalue weighted by atomic mass is 16.2. The maximum Gasteiger partial charge on any atom is 0.253 e. The number of piperidine rings is 2. The fourth-order valence-electron chi connectivity index (χ4n) is 3.35. The number of pyridine rings is 1. The zero-order chi connectivity index (χ0) is 16.1. The quantitative estimate of drug-likeness (QED) is 0.865. The first-order chi connectivity index (χ1) is 11.2. The number of carbonyl (C=O) groups is 2. The molecule has 23 heavy (non-hydrogen) atoms. The first kappa shape index (κ1) is 15.9. The van der Waals surface area contributed by atoms with Gasteiger partial charge in [0.25, 0.3) is 5.91 Å². The van der Waals surface area contributed by atoms with Gasteiger partial charge in [-0.1, -0.05) is 0 Å². The van der Waals surface area contributed by atoms with Crippen LogP contribution in [0.15, 0.2) is 24.5 Å². The van der Waals surface area contributed by atoms with E-state index in [4.69, 9.17) is 0 Å². The van der Waals surface area contributed by atoms with Crippen LogP contribution < -0.4 is 10.6 Å². The lowest BCUT2D eigenvalue weighted by Crippen LogP contribution is -2.51. The molecule has 0 radical (unpaired) electrons. The Morgan fingerprint density at radius 1 is 1.22 bits per heavy atom. The molecule has 124 valence electrons. The van der Waals surface area contributed by atoms with Crippen LogP contribution in [0.1, 0.15) is 36.0 Å². The van der Waals surface area contributed by atoms with Gasteiger partial charge in [-0.15, -0.1) is 0 Å². The van der Waals surface area contributed by atoms with Crippen LogP contribution >= 0.6 is 0 Å². The van der Waals surface area contributed by atoms with E-state index in [9.17, 15) is 9.59 Å². The van der Waals surface area contributed by atoms with Crippen molar-refractivity contribution in [3.05, 3.63) is 30.1 Å². The molecule has 3 heterocycles. The lowest BCUT2D eigenvalue weighted by molar-refractivity contribution is -0.127. The lowest BCUT2D eigenvalue weighted by atomic mass is 9.95. The molecule has 2 N–H and O–H groups in total. The summed E-state index contributed by atoms with van der Waals surface area (Å²) in [6.07, 6.45) is 7.10. The van der Waals surface area contributed by atoms with E-state index in [-0.39, 0.29) is 23.8 Å². The number of likely N-dealkylation sites (tertiary alicyclic amines) is 1. The van der Waals surface area contributed by atoms with Gasteiger partial charge in [0.1, 0.15) is 0 Å². The summed E-state index contributed by atoms with van der Waals surface area (Å²) in [5.74, 6) is -0.0216. The highest BCUT2D eigenvalue weighted by Gasteiger charge is 2.30. The molecule has 0 spiro atoms. The molecule has 1 unspecified atom stereocenters. The number of rotatable bonds is 3. The molecule has 1 aromatic heterocycles. The minimum atomic E-state index is -0.100. The Morgan fingerprint density at radius 3 is 2.78 bits per heavy atom. The number of hydrogen-bond donors (Lipinski definition) is 2. The minimum absolute atomic E-state index is 0.00997. The molecule has 0 bridgehead atoms. The fourth-order valence-corrected chi connectivity index (χ4v) is 3.35. The zero-order valence-corrected chi connectivity index (χ0v) is 13.3. The van der Waals surface area contributed by atoms with Gasteiger partial charge in [0.15, 0.2) is 0 Å². The van der Waals surface area contributed by atoms with Crippen molar-refractivity contribution in [3.63, 3.8) is 0 Å². The third kappa shape index (κ3) is 4.07. The standard InChI is InChI=1S/C17H24N4O2/c22-16(20-15-4-1-7-19-11-15)14-3-2-10-21(12-14)17(23)13-5-8-18-9-6-13/h5-6,8-9,14-15,19H,1-4,7,10-12H2,(H,20,22)/t14?,15-/m0/s1. The molecule has 2 amide bonds. The van der Waals surface area contributed by atoms with E-state index in [2.05, 4.69) is 15.6 Å². The Morgan fingerprint density at radius 2 is 2.04 bits per heavy atom. The largest absolute Gasteiger partial charge is 0.352 e. The molecular weight excluding hydrogens is 292 g/mol. The van der Waals surface area contributed by atoms with Crippen LogP contribution in [-0.2, 0) is 4.79 Å². The topological polar surface area (TPSA) is 74.3 Å². The minimum Gasteiger partial charge on any atom is -0.352 e. The Balaban J connectivity index is 1.57. The molecule has 3 rings (SSSR count). The molecule has 2 aliphatic heterocycles. The monoisotopic (exact) mass is 316 g/mol. The smallest absolute Gasteiger partial charge is 0.253 e. The van der Waals surface area contributed by atoms with Crippen molar-refractivity contribution in [2.24, 2.45) is 5.92 Å². The van der Waals surface area contributed by atoms with Gasteiger partial charge in [-0.05, 0) is 44.4 Å². The number of aromatic nitrogens is 1. The highest BCUT2D eigenvalue weighted by molar-refractivity contribution is 5.94. The summed E-state index contributed by atoms with van der Waals surface area (Å²) in [5, 5.41) is 6.44. The second-order valence-corrected chi connectivity index (χ2v) is 6.38. The summed E-state index contributed by atoms with van der Waals surface area (Å²) < 4.78 is 0. The average molecular weight is 316 g/mol. The van der Waals surface area contributed by atoms with Gasteiger partial charge >= 0.3 is 0 Å². The predicted molar refractivity (Wildman–Crippen MR) is 86.9 cm³/mol. The summed E-state index contributed by atoms with van der Waals surface area (Å²) in [4.78, 5) is 30.7. The normalized spacial score (nSPS) is 25.0. The van der Waals surface area contributed by atoms with Gasteiger partial charge in [0.2, 0.25) is 5.91 Å². The molecule has 0 aromatic carbocycles. The Labute approximate surface area is 136 Å². The van der Waals surface area contributed by atoms with Gasteiger partial charge in [-0.3, -0.25) is 14.6 Å². The van der Waals surface area contributed by atoms with Gasteiger partial charge in [-0.2, -0.15) is 0 Å². The van der Waals surface area contributed by atoms with Crippen LogP contribution in [0.25, 0.3) is 0 Å². The number of nitrogens with one attached hydrogen (secondary N) is 2. The second-order valence-electron chi connectivity index (χ2n) is 6.38. The van der Waals surface area contributed by atoms with Crippen molar-refractivity contribution in [1.29, 1.82) is 0 Å². The van der Waals surface area contributed by atoms with Gasteiger partial charge in [0.05, 0.1) is 5.92 Å². The van der Waals surface area contributed by atoms with E-state index >= 15 is 0 Å². The molecule has 2 saturated heterocycles. The van der Waals surface area contributed by atoms with E-state index in [0.717, 1.165) is 45.3 Å². The third-order valence-electron chi connectivity index (χ3n) is 4.65. The van der Waals surface area contributed by atoms with Crippen LogP contribution in [0.5, 0.6) is 0 Å². The average Bonchev–Trinajstić information content (AvgIpc) is 2.63. The van der Waals surface area contributed by atoms with Gasteiger partial charge < -0.3 is 15.5 Å². The fraction of sp³-hybridized carbons (Fsp3) is 0.588. The Bertz CT molecular complexity index is 543. The molecule has 0 saturated carbocycles. The highest BCUT2D eigenvalue weighted by Crippen LogP contribution is 2.19. The maximum absolute atomic E-state index is 12.5. The number of hydrogen-bond acceptors (Lipinski definition) is 4. The summed E-state index contributed by atoms with van der Waals surface area (Å²) in [6, 6.07) is 3.67. The van der Waals surface area contributed by atoms with E-state index in [0.29, 0.717) is 12.1 Å². The van der Waals surface area contributed by atoms with Gasteiger partial charge in [0, 0.05) is 43.6 Å². The molecule has 6 heteroatoms. The Hall–Kier alpha value is -1.95. The van der Waals surface area contributed by atoms with Crippen LogP contribution in [0.3, 0.4) is 0 Å². The third-order valence-corrected chi connectivity index (χ3v) is 4.65. The molecule has 0 aliphatic carbocycles. The van der Waals surface area contributed by atoms with Crippen molar-refractivity contribution in [1.82, 2.24) is 20.5 Å². The number of carbonyl (C=O) groups excluding carboxylic acids is 2. The van der Waals surface area contributed by atoms with E-state index in [1.54, 1.807) is 29.4 Å². The van der Waals surface area contributed by atoms with E-state index in [1.165, 1.54) is 0 Å². The van der Waals surface area contributed by atoms with Crippen LogP contribution in [0.2, 0.25) is 0 Å². The predicted octanol–water partition coefficient (Wildman–Crippen LogP) is 0.802. The first-order valence-corrected chi connectivity index (χ1v) is 8.44. The van der Waals surface area contributed by atoms with Crippen molar-refractivity contribution in [3.8, 4) is 0 Å². The summed E-state index contributed by atoms with van der Waals surface area (Å²) in [6.45, 7) is 3.10.